The van der Waals surface area contributed by atoms with Crippen LogP contribution in [0.5, 0.6) is 0 Å². The van der Waals surface area contributed by atoms with Gasteiger partial charge in [-0.25, -0.2) is 9.78 Å². The SMILES string of the molecule is CCC1CCC(C)N1C(=O)c1nc(C(=O)O)cs1. The maximum absolute atomic E-state index is 12.3. The van der Waals surface area contributed by atoms with E-state index in [9.17, 15) is 9.59 Å². The molecule has 0 aromatic carbocycles. The number of nitrogens with zero attached hydrogens (tertiary/aromatic N) is 2. The Bertz CT molecular complexity index is 472. The summed E-state index contributed by atoms with van der Waals surface area (Å²) in [6.45, 7) is 4.09. The molecule has 18 heavy (non-hydrogen) atoms. The highest BCUT2D eigenvalue weighted by atomic mass is 32.1. The van der Waals surface area contributed by atoms with Gasteiger partial charge in [0, 0.05) is 17.5 Å². The third-order valence-electron chi connectivity index (χ3n) is 3.40. The number of carboxylic acids is 1. The largest absolute Gasteiger partial charge is 0.476 e. The van der Waals surface area contributed by atoms with Crippen LogP contribution in [0.3, 0.4) is 0 Å². The maximum atomic E-state index is 12.3. The standard InChI is InChI=1S/C12H16N2O3S/c1-3-8-5-4-7(2)14(8)11(15)10-13-9(6-18-10)12(16)17/h6-8H,3-5H2,1-2H3,(H,16,17). The molecule has 0 aliphatic carbocycles. The van der Waals surface area contributed by atoms with E-state index in [1.165, 1.54) is 5.38 Å². The van der Waals surface area contributed by atoms with Crippen molar-refractivity contribution in [1.82, 2.24) is 9.88 Å². The molecule has 2 heterocycles. The minimum atomic E-state index is -1.09. The highest BCUT2D eigenvalue weighted by Gasteiger charge is 2.35. The molecular formula is C12H16N2O3S. The zero-order valence-corrected chi connectivity index (χ0v) is 11.2. The number of aromatic nitrogens is 1. The van der Waals surface area contributed by atoms with E-state index >= 15 is 0 Å². The molecule has 2 rings (SSSR count). The number of rotatable bonds is 3. The third kappa shape index (κ3) is 2.25. The molecule has 0 bridgehead atoms. The summed E-state index contributed by atoms with van der Waals surface area (Å²) in [5.41, 5.74) is -0.0525. The molecule has 1 aromatic heterocycles. The van der Waals surface area contributed by atoms with Crippen molar-refractivity contribution in [3.05, 3.63) is 16.1 Å². The van der Waals surface area contributed by atoms with Gasteiger partial charge in [-0.3, -0.25) is 4.79 Å². The summed E-state index contributed by atoms with van der Waals surface area (Å²) in [6.07, 6.45) is 2.94. The number of amides is 1. The summed E-state index contributed by atoms with van der Waals surface area (Å²) in [4.78, 5) is 28.8. The van der Waals surface area contributed by atoms with Crippen LogP contribution in [0.15, 0.2) is 5.38 Å². The Balaban J connectivity index is 2.21. The van der Waals surface area contributed by atoms with Crippen LogP contribution in [-0.4, -0.2) is 39.0 Å². The molecule has 6 heteroatoms. The molecule has 98 valence electrons. The lowest BCUT2D eigenvalue weighted by Crippen LogP contribution is -2.39. The van der Waals surface area contributed by atoms with Crippen LogP contribution in [0.1, 0.15) is 53.4 Å². The van der Waals surface area contributed by atoms with Crippen LogP contribution in [0.4, 0.5) is 0 Å². The zero-order valence-electron chi connectivity index (χ0n) is 10.4. The molecule has 1 amide bonds. The summed E-state index contributed by atoms with van der Waals surface area (Å²) in [5.74, 6) is -1.23. The average molecular weight is 268 g/mol. The minimum Gasteiger partial charge on any atom is -0.476 e. The lowest BCUT2D eigenvalue weighted by atomic mass is 10.1. The summed E-state index contributed by atoms with van der Waals surface area (Å²) in [6, 6.07) is 0.462. The third-order valence-corrected chi connectivity index (χ3v) is 4.23. The molecule has 1 fully saturated rings. The molecule has 5 nitrogen and oxygen atoms in total. The second kappa shape index (κ2) is 5.06. The van der Waals surface area contributed by atoms with Gasteiger partial charge in [-0.05, 0) is 26.2 Å². The second-order valence-corrected chi connectivity index (χ2v) is 5.40. The number of carboxylic acid groups (broad SMARTS) is 1. The fourth-order valence-electron chi connectivity index (χ4n) is 2.42. The summed E-state index contributed by atoms with van der Waals surface area (Å²) < 4.78 is 0. The Morgan fingerprint density at radius 1 is 1.56 bits per heavy atom. The quantitative estimate of drug-likeness (QED) is 0.912. The van der Waals surface area contributed by atoms with Gasteiger partial charge >= 0.3 is 5.97 Å². The van der Waals surface area contributed by atoms with Crippen molar-refractivity contribution in [1.29, 1.82) is 0 Å². The Morgan fingerprint density at radius 2 is 2.28 bits per heavy atom. The van der Waals surface area contributed by atoms with E-state index < -0.39 is 5.97 Å². The van der Waals surface area contributed by atoms with Gasteiger partial charge < -0.3 is 10.0 Å². The topological polar surface area (TPSA) is 70.5 Å². The number of aromatic carboxylic acids is 1. The van der Waals surface area contributed by atoms with Gasteiger partial charge in [0.25, 0.3) is 5.91 Å². The van der Waals surface area contributed by atoms with Crippen molar-refractivity contribution in [2.75, 3.05) is 0 Å². The first-order chi connectivity index (χ1) is 8.54. The Kier molecular flexibility index (Phi) is 3.65. The lowest BCUT2D eigenvalue weighted by molar-refractivity contribution is 0.0675. The van der Waals surface area contributed by atoms with Crippen molar-refractivity contribution in [2.45, 2.75) is 45.2 Å². The predicted octanol–water partition coefficient (Wildman–Crippen LogP) is 2.24. The van der Waals surface area contributed by atoms with E-state index in [0.29, 0.717) is 0 Å². The molecule has 2 atom stereocenters. The monoisotopic (exact) mass is 268 g/mol. The number of hydrogen-bond acceptors (Lipinski definition) is 4. The zero-order chi connectivity index (χ0) is 13.3. The van der Waals surface area contributed by atoms with Gasteiger partial charge in [-0.15, -0.1) is 11.3 Å². The Morgan fingerprint density at radius 3 is 2.83 bits per heavy atom. The maximum Gasteiger partial charge on any atom is 0.355 e. The van der Waals surface area contributed by atoms with Crippen molar-refractivity contribution in [2.24, 2.45) is 0 Å². The molecule has 0 spiro atoms. The molecule has 1 saturated heterocycles. The number of thiazole rings is 1. The van der Waals surface area contributed by atoms with Gasteiger partial charge in [0.1, 0.15) is 0 Å². The lowest BCUT2D eigenvalue weighted by Gasteiger charge is -2.26. The van der Waals surface area contributed by atoms with Crippen molar-refractivity contribution >= 4 is 23.2 Å². The van der Waals surface area contributed by atoms with E-state index in [-0.39, 0.29) is 28.7 Å². The predicted molar refractivity (Wildman–Crippen MR) is 68.0 cm³/mol. The van der Waals surface area contributed by atoms with E-state index in [4.69, 9.17) is 5.11 Å². The van der Waals surface area contributed by atoms with Crippen LogP contribution in [-0.2, 0) is 0 Å². The minimum absolute atomic E-state index is 0.0525. The van der Waals surface area contributed by atoms with Crippen molar-refractivity contribution in [3.63, 3.8) is 0 Å². The first kappa shape index (κ1) is 13.0. The second-order valence-electron chi connectivity index (χ2n) is 4.54. The van der Waals surface area contributed by atoms with E-state index in [1.54, 1.807) is 0 Å². The molecule has 1 aromatic rings. The Hall–Kier alpha value is -1.43. The highest BCUT2D eigenvalue weighted by Crippen LogP contribution is 2.28. The first-order valence-corrected chi connectivity index (χ1v) is 6.94. The molecule has 1 aliphatic rings. The number of carbonyl (C=O) groups is 2. The molecule has 1 aliphatic heterocycles. The van der Waals surface area contributed by atoms with E-state index in [0.717, 1.165) is 30.6 Å². The first-order valence-electron chi connectivity index (χ1n) is 6.06. The van der Waals surface area contributed by atoms with Crippen molar-refractivity contribution in [3.8, 4) is 0 Å². The fraction of sp³-hybridized carbons (Fsp3) is 0.583. The van der Waals surface area contributed by atoms with Crippen LogP contribution in [0, 0.1) is 0 Å². The summed E-state index contributed by atoms with van der Waals surface area (Å²) in [5, 5.41) is 10.5. The molecule has 1 N–H and O–H groups in total. The van der Waals surface area contributed by atoms with Gasteiger partial charge in [-0.1, -0.05) is 6.92 Å². The van der Waals surface area contributed by atoms with E-state index in [1.807, 2.05) is 11.8 Å². The smallest absolute Gasteiger partial charge is 0.355 e. The van der Waals surface area contributed by atoms with Crippen molar-refractivity contribution < 1.29 is 14.7 Å². The molecule has 2 unspecified atom stereocenters. The number of likely N-dealkylation sites (tertiary alicyclic amines) is 1. The fourth-order valence-corrected chi connectivity index (χ4v) is 3.15. The normalized spacial score (nSPS) is 23.3. The van der Waals surface area contributed by atoms with E-state index in [2.05, 4.69) is 11.9 Å². The van der Waals surface area contributed by atoms with Gasteiger partial charge in [0.15, 0.2) is 10.7 Å². The summed E-state index contributed by atoms with van der Waals surface area (Å²) >= 11 is 1.10. The van der Waals surface area contributed by atoms with Crippen LogP contribution >= 0.6 is 11.3 Å². The molecule has 0 saturated carbocycles. The van der Waals surface area contributed by atoms with Crippen LogP contribution in [0.25, 0.3) is 0 Å². The average Bonchev–Trinajstić information content (AvgIpc) is 2.94. The number of carbonyl (C=O) groups excluding carboxylic acids is 1. The van der Waals surface area contributed by atoms with Crippen LogP contribution in [0.2, 0.25) is 0 Å². The Labute approximate surface area is 109 Å². The molecule has 0 radical (unpaired) electrons. The van der Waals surface area contributed by atoms with Crippen LogP contribution < -0.4 is 0 Å². The van der Waals surface area contributed by atoms with Gasteiger partial charge in [0.2, 0.25) is 0 Å². The molecular weight excluding hydrogens is 252 g/mol. The number of hydrogen-bond donors (Lipinski definition) is 1. The summed E-state index contributed by atoms with van der Waals surface area (Å²) in [7, 11) is 0. The van der Waals surface area contributed by atoms with Gasteiger partial charge in [-0.2, -0.15) is 0 Å². The highest BCUT2D eigenvalue weighted by molar-refractivity contribution is 7.11. The van der Waals surface area contributed by atoms with Gasteiger partial charge in [0.05, 0.1) is 0 Å².